The summed E-state index contributed by atoms with van der Waals surface area (Å²) < 4.78 is 5.41. The number of allylic oxidation sites excluding steroid dienone is 3. The summed E-state index contributed by atoms with van der Waals surface area (Å²) in [6.45, 7) is 7.83. The van der Waals surface area contributed by atoms with Crippen LogP contribution in [0.5, 0.6) is 5.75 Å². The van der Waals surface area contributed by atoms with E-state index in [0.29, 0.717) is 11.5 Å². The topological polar surface area (TPSA) is 29.5 Å². The minimum Gasteiger partial charge on any atom is -0.495 e. The van der Waals surface area contributed by atoms with Crippen LogP contribution in [0.25, 0.3) is 0 Å². The molecule has 1 unspecified atom stereocenters. The van der Waals surface area contributed by atoms with E-state index in [2.05, 4.69) is 6.58 Å². The van der Waals surface area contributed by atoms with Gasteiger partial charge in [0.1, 0.15) is 11.1 Å². The molecule has 0 radical (unpaired) electrons. The Bertz CT molecular complexity index is 634. The summed E-state index contributed by atoms with van der Waals surface area (Å²) in [6, 6.07) is 7.62. The summed E-state index contributed by atoms with van der Waals surface area (Å²) in [5, 5.41) is -0.0376. The van der Waals surface area contributed by atoms with Crippen LogP contribution in [0.3, 0.4) is 0 Å². The van der Waals surface area contributed by atoms with E-state index >= 15 is 0 Å². The van der Waals surface area contributed by atoms with Gasteiger partial charge >= 0.3 is 0 Å². The highest BCUT2D eigenvalue weighted by atomic mass is 32.2. The lowest BCUT2D eigenvalue weighted by molar-refractivity contribution is -0.115. The molecule has 0 N–H and O–H groups in total. The lowest BCUT2D eigenvalue weighted by atomic mass is 10.1. The quantitative estimate of drug-likeness (QED) is 0.763. The molecule has 1 fully saturated rings. The first-order chi connectivity index (χ1) is 10.6. The van der Waals surface area contributed by atoms with Crippen LogP contribution in [-0.2, 0) is 4.79 Å². The molecule has 2 rings (SSSR count). The van der Waals surface area contributed by atoms with Crippen LogP contribution in [0.15, 0.2) is 60.2 Å². The van der Waals surface area contributed by atoms with Crippen molar-refractivity contribution in [2.45, 2.75) is 19.2 Å². The monoisotopic (exact) mass is 315 g/mol. The summed E-state index contributed by atoms with van der Waals surface area (Å²) in [4.78, 5) is 14.2. The molecule has 1 saturated heterocycles. The fraction of sp³-hybridized carbons (Fsp3) is 0.278. The average Bonchev–Trinajstić information content (AvgIpc) is 2.89. The zero-order chi connectivity index (χ0) is 16.1. The Kier molecular flexibility index (Phi) is 5.50. The van der Waals surface area contributed by atoms with Crippen molar-refractivity contribution >= 4 is 23.4 Å². The van der Waals surface area contributed by atoms with E-state index in [1.807, 2.05) is 61.2 Å². The number of ether oxygens (including phenoxy) is 1. The number of nitrogens with zero attached hydrogens (tertiary/aromatic N) is 1. The number of methoxy groups -OCH3 is 1. The minimum absolute atomic E-state index is 0.0376. The van der Waals surface area contributed by atoms with Crippen molar-refractivity contribution in [1.82, 2.24) is 0 Å². The van der Waals surface area contributed by atoms with Crippen LogP contribution in [0, 0.1) is 0 Å². The largest absolute Gasteiger partial charge is 0.495 e. The molecule has 1 atom stereocenters. The zero-order valence-corrected chi connectivity index (χ0v) is 14.0. The Morgan fingerprint density at radius 2 is 2.14 bits per heavy atom. The van der Waals surface area contributed by atoms with Crippen molar-refractivity contribution in [2.24, 2.45) is 0 Å². The summed E-state index contributed by atoms with van der Waals surface area (Å²) in [6.07, 6.45) is 6.04. The highest BCUT2D eigenvalue weighted by molar-refractivity contribution is 8.01. The van der Waals surface area contributed by atoms with Crippen LogP contribution < -0.4 is 9.64 Å². The molecule has 0 aliphatic carbocycles. The molecule has 3 nitrogen and oxygen atoms in total. The SMILES string of the molecule is C=C(C)/C=C\C(=C/C)C1SCC(=O)N1c1ccccc1OC. The first-order valence-corrected chi connectivity index (χ1v) is 8.19. The minimum atomic E-state index is -0.0376. The standard InChI is InChI=1S/C18H21NO2S/c1-5-14(11-10-13(2)3)18-19(17(20)12-22-18)15-8-6-7-9-16(15)21-4/h5-11,18H,2,12H2,1,3-4H3/b11-10-,14-5+. The second-order valence-corrected chi connectivity index (χ2v) is 6.14. The number of thioether (sulfide) groups is 1. The van der Waals surface area contributed by atoms with Gasteiger partial charge in [0, 0.05) is 0 Å². The van der Waals surface area contributed by atoms with Gasteiger partial charge in [0.15, 0.2) is 0 Å². The van der Waals surface area contributed by atoms with E-state index in [1.165, 1.54) is 0 Å². The Labute approximate surface area is 136 Å². The first kappa shape index (κ1) is 16.4. The molecule has 0 bridgehead atoms. The number of amides is 1. The number of hydrogen-bond acceptors (Lipinski definition) is 3. The molecule has 1 amide bonds. The van der Waals surface area contributed by atoms with Gasteiger partial charge in [-0.05, 0) is 31.6 Å². The molecule has 1 aliphatic rings. The molecule has 0 aromatic heterocycles. The second-order valence-electron chi connectivity index (χ2n) is 5.07. The van der Waals surface area contributed by atoms with E-state index < -0.39 is 0 Å². The Morgan fingerprint density at radius 3 is 2.77 bits per heavy atom. The molecule has 1 aliphatic heterocycles. The van der Waals surface area contributed by atoms with Crippen molar-refractivity contribution in [1.29, 1.82) is 0 Å². The Balaban J connectivity index is 2.39. The van der Waals surface area contributed by atoms with E-state index in [-0.39, 0.29) is 11.3 Å². The van der Waals surface area contributed by atoms with Gasteiger partial charge in [-0.3, -0.25) is 9.69 Å². The number of benzene rings is 1. The highest BCUT2D eigenvalue weighted by Gasteiger charge is 2.35. The number of carbonyl (C=O) groups is 1. The molecule has 4 heteroatoms. The van der Waals surface area contributed by atoms with Gasteiger partial charge in [-0.25, -0.2) is 0 Å². The number of anilines is 1. The van der Waals surface area contributed by atoms with Crippen LogP contribution in [0.1, 0.15) is 13.8 Å². The Morgan fingerprint density at radius 1 is 1.41 bits per heavy atom. The van der Waals surface area contributed by atoms with E-state index in [9.17, 15) is 4.79 Å². The second kappa shape index (κ2) is 7.36. The molecule has 1 heterocycles. The fourth-order valence-corrected chi connectivity index (χ4v) is 3.55. The summed E-state index contributed by atoms with van der Waals surface area (Å²) >= 11 is 1.63. The predicted molar refractivity (Wildman–Crippen MR) is 94.4 cm³/mol. The van der Waals surface area contributed by atoms with Crippen LogP contribution in [0.2, 0.25) is 0 Å². The maximum atomic E-state index is 12.4. The molecule has 22 heavy (non-hydrogen) atoms. The van der Waals surface area contributed by atoms with Gasteiger partial charge in [-0.2, -0.15) is 0 Å². The molecular formula is C18H21NO2S. The molecule has 1 aromatic carbocycles. The van der Waals surface area contributed by atoms with Crippen molar-refractivity contribution in [3.05, 3.63) is 60.2 Å². The number of para-hydroxylation sites is 2. The molecule has 1 aromatic rings. The van der Waals surface area contributed by atoms with Crippen molar-refractivity contribution < 1.29 is 9.53 Å². The van der Waals surface area contributed by atoms with E-state index in [4.69, 9.17) is 4.74 Å². The summed E-state index contributed by atoms with van der Waals surface area (Å²) in [7, 11) is 1.62. The Hall–Kier alpha value is -1.94. The highest BCUT2D eigenvalue weighted by Crippen LogP contribution is 2.39. The molecule has 0 saturated carbocycles. The van der Waals surface area contributed by atoms with Crippen molar-refractivity contribution in [3.8, 4) is 5.75 Å². The summed E-state index contributed by atoms with van der Waals surface area (Å²) in [5.74, 6) is 1.28. The van der Waals surface area contributed by atoms with Crippen LogP contribution >= 0.6 is 11.8 Å². The number of rotatable bonds is 5. The van der Waals surface area contributed by atoms with E-state index in [0.717, 1.165) is 16.8 Å². The molecular weight excluding hydrogens is 294 g/mol. The lowest BCUT2D eigenvalue weighted by Crippen LogP contribution is -2.33. The third-order valence-electron chi connectivity index (χ3n) is 3.39. The van der Waals surface area contributed by atoms with E-state index in [1.54, 1.807) is 18.9 Å². The van der Waals surface area contributed by atoms with Crippen molar-refractivity contribution in [2.75, 3.05) is 17.8 Å². The number of hydrogen-bond donors (Lipinski definition) is 0. The van der Waals surface area contributed by atoms with Gasteiger partial charge < -0.3 is 4.74 Å². The van der Waals surface area contributed by atoms with Gasteiger partial charge in [0.2, 0.25) is 5.91 Å². The van der Waals surface area contributed by atoms with Crippen LogP contribution in [-0.4, -0.2) is 24.1 Å². The van der Waals surface area contributed by atoms with Gasteiger partial charge in [0.25, 0.3) is 0 Å². The van der Waals surface area contributed by atoms with Gasteiger partial charge in [-0.15, -0.1) is 11.8 Å². The third kappa shape index (κ3) is 3.45. The lowest BCUT2D eigenvalue weighted by Gasteiger charge is -2.26. The molecule has 116 valence electrons. The average molecular weight is 315 g/mol. The molecule has 0 spiro atoms. The fourth-order valence-electron chi connectivity index (χ4n) is 2.32. The van der Waals surface area contributed by atoms with Crippen LogP contribution in [0.4, 0.5) is 5.69 Å². The van der Waals surface area contributed by atoms with Crippen molar-refractivity contribution in [3.63, 3.8) is 0 Å². The zero-order valence-electron chi connectivity index (χ0n) is 13.2. The van der Waals surface area contributed by atoms with Gasteiger partial charge in [0.05, 0.1) is 18.6 Å². The maximum absolute atomic E-state index is 12.4. The van der Waals surface area contributed by atoms with Gasteiger partial charge in [-0.1, -0.05) is 42.5 Å². The summed E-state index contributed by atoms with van der Waals surface area (Å²) in [5.41, 5.74) is 2.88. The maximum Gasteiger partial charge on any atom is 0.238 e. The normalized spacial score (nSPS) is 19.0. The number of carbonyl (C=O) groups excluding carboxylic acids is 1. The third-order valence-corrected chi connectivity index (χ3v) is 4.60. The smallest absolute Gasteiger partial charge is 0.238 e. The predicted octanol–water partition coefficient (Wildman–Crippen LogP) is 4.18. The first-order valence-electron chi connectivity index (χ1n) is 7.15.